The largest absolute Gasteiger partial charge is 0.481 e. The van der Waals surface area contributed by atoms with Gasteiger partial charge in [-0.1, -0.05) is 0 Å². The zero-order chi connectivity index (χ0) is 46.8. The summed E-state index contributed by atoms with van der Waals surface area (Å²) in [6.07, 6.45) is -1.91. The summed E-state index contributed by atoms with van der Waals surface area (Å²) < 4.78 is 131. The first-order valence-corrected chi connectivity index (χ1v) is 16.7. The maximum absolute atomic E-state index is 14.3. The Labute approximate surface area is 310 Å². The second kappa shape index (κ2) is 17.0. The number of thioether (sulfide) groups is 4. The van der Waals surface area contributed by atoms with Crippen LogP contribution in [0.2, 0.25) is 0 Å². The normalized spacial score (nSPS) is 21.7. The van der Waals surface area contributed by atoms with Crippen LogP contribution in [0.1, 0.15) is 88.2 Å². The Hall–Kier alpha value is -2.15. The second-order valence-electron chi connectivity index (χ2n) is 9.94. The van der Waals surface area contributed by atoms with Crippen molar-refractivity contribution >= 4 is 76.8 Å². The standard InChI is InChI=1S/C30H40NO12S4/c1-17-23-25(46-28(2,3)44-23)22(26-24(17)45-29(4,5)47-26)27(39)43-14-18(32)31-30(15-41-11-7-20(35)36,16-42-12-8-21(37)38)9-13-40-10-6-19(33)34/h1,6-16H2,2-5H3,(H,31,32)(H,33,34)(H,35,36)(H,37,38)/i2D3,3D3,4D3,5D3,14D2. The smallest absolute Gasteiger partial charge is 0.341 e. The molecule has 3 rings (SSSR count). The fraction of sp³-hybridized carbons (Fsp3) is 0.600. The minimum absolute atomic E-state index is 0.136. The molecule has 0 aliphatic carbocycles. The topological polar surface area (TPSA) is 195 Å². The molecule has 0 atom stereocenters. The molecule has 1 aromatic rings. The molecule has 0 unspecified atom stereocenters. The van der Waals surface area contributed by atoms with Crippen molar-refractivity contribution in [1.82, 2.24) is 5.32 Å². The molecule has 2 heterocycles. The minimum Gasteiger partial charge on any atom is -0.481 e. The minimum atomic E-state index is -3.75. The van der Waals surface area contributed by atoms with Crippen molar-refractivity contribution in [1.29, 1.82) is 0 Å². The Morgan fingerprint density at radius 2 is 1.21 bits per heavy atom. The van der Waals surface area contributed by atoms with Crippen molar-refractivity contribution in [2.24, 2.45) is 0 Å². The van der Waals surface area contributed by atoms with Crippen molar-refractivity contribution in [2.75, 3.05) is 46.2 Å². The Morgan fingerprint density at radius 1 is 0.766 bits per heavy atom. The van der Waals surface area contributed by atoms with Gasteiger partial charge in [-0.3, -0.25) is 19.2 Å². The fourth-order valence-electron chi connectivity index (χ4n) is 4.03. The number of fused-ring (bicyclic) bond motifs is 2. The van der Waals surface area contributed by atoms with Crippen LogP contribution < -0.4 is 5.32 Å². The van der Waals surface area contributed by atoms with Crippen LogP contribution in [0.3, 0.4) is 0 Å². The van der Waals surface area contributed by atoms with E-state index >= 15 is 0 Å². The van der Waals surface area contributed by atoms with Gasteiger partial charge in [0.2, 0.25) is 0 Å². The monoisotopic (exact) mass is 748 g/mol. The summed E-state index contributed by atoms with van der Waals surface area (Å²) in [6.45, 7) is -16.0. The molecule has 1 aromatic carbocycles. The molecule has 0 fully saturated rings. The third-order valence-electron chi connectivity index (χ3n) is 6.08. The van der Waals surface area contributed by atoms with E-state index in [4.69, 9.17) is 53.5 Å². The molecule has 0 aromatic heterocycles. The van der Waals surface area contributed by atoms with Crippen LogP contribution in [0.5, 0.6) is 0 Å². The van der Waals surface area contributed by atoms with Crippen LogP contribution in [0.15, 0.2) is 19.6 Å². The van der Waals surface area contributed by atoms with Gasteiger partial charge < -0.3 is 39.6 Å². The van der Waals surface area contributed by atoms with Crippen LogP contribution in [0.4, 0.5) is 0 Å². The molecule has 1 amide bonds. The number of ether oxygens (including phenoxy) is 4. The molecule has 2 aliphatic rings. The van der Waals surface area contributed by atoms with E-state index in [0.29, 0.717) is 0 Å². The highest BCUT2D eigenvalue weighted by Crippen LogP contribution is 2.65. The van der Waals surface area contributed by atoms with Crippen LogP contribution >= 0.6 is 47.0 Å². The van der Waals surface area contributed by atoms with Gasteiger partial charge >= 0.3 is 23.9 Å². The van der Waals surface area contributed by atoms with E-state index in [2.05, 4.69) is 12.2 Å². The van der Waals surface area contributed by atoms with Gasteiger partial charge in [0, 0.05) is 42.6 Å². The Morgan fingerprint density at radius 3 is 1.66 bits per heavy atom. The number of nitrogens with one attached hydrogen (secondary N) is 1. The highest BCUT2D eigenvalue weighted by molar-refractivity contribution is 8.21. The van der Waals surface area contributed by atoms with Gasteiger partial charge in [0.05, 0.1) is 74.3 Å². The zero-order valence-corrected chi connectivity index (χ0v) is 27.7. The molecule has 2 aliphatic heterocycles. The lowest BCUT2D eigenvalue weighted by molar-refractivity contribution is -0.140. The molecule has 1 radical (unpaired) electrons. The van der Waals surface area contributed by atoms with Gasteiger partial charge in [-0.25, -0.2) is 4.79 Å². The predicted molar refractivity (Wildman–Crippen MR) is 177 cm³/mol. The lowest BCUT2D eigenvalue weighted by Gasteiger charge is -2.34. The summed E-state index contributed by atoms with van der Waals surface area (Å²) >= 11 is 0.771. The number of esters is 1. The lowest BCUT2D eigenvalue weighted by atomic mass is 9.97. The second-order valence-corrected chi connectivity index (χ2v) is 15.4. The Bertz CT molecular complexity index is 1740. The van der Waals surface area contributed by atoms with Crippen molar-refractivity contribution in [3.8, 4) is 0 Å². The fourth-order valence-corrected chi connectivity index (χ4v) is 8.99. The number of benzene rings is 1. The lowest BCUT2D eigenvalue weighted by Crippen LogP contribution is -2.57. The van der Waals surface area contributed by atoms with E-state index in [1.54, 1.807) is 0 Å². The van der Waals surface area contributed by atoms with Crippen molar-refractivity contribution in [3.63, 3.8) is 0 Å². The van der Waals surface area contributed by atoms with Gasteiger partial charge in [0.15, 0.2) is 6.56 Å². The molecule has 17 heteroatoms. The van der Waals surface area contributed by atoms with E-state index in [-0.39, 0.29) is 82.0 Å². The molecule has 4 N–H and O–H groups in total. The van der Waals surface area contributed by atoms with Gasteiger partial charge in [0.1, 0.15) is 0 Å². The van der Waals surface area contributed by atoms with Crippen LogP contribution in [0.25, 0.3) is 0 Å². The van der Waals surface area contributed by atoms with Gasteiger partial charge in [-0.2, -0.15) is 0 Å². The van der Waals surface area contributed by atoms with E-state index in [9.17, 15) is 24.0 Å². The number of hydrogen-bond acceptors (Lipinski definition) is 13. The molecule has 47 heavy (non-hydrogen) atoms. The highest BCUT2D eigenvalue weighted by atomic mass is 32.2. The molecule has 0 bridgehead atoms. The van der Waals surface area contributed by atoms with Crippen LogP contribution in [-0.2, 0) is 38.1 Å². The van der Waals surface area contributed by atoms with E-state index in [1.165, 1.54) is 0 Å². The third-order valence-corrected chi connectivity index (χ3v) is 11.0. The summed E-state index contributed by atoms with van der Waals surface area (Å²) in [5.74, 6) is -7.32. The number of carboxylic acid groups (broad SMARTS) is 3. The number of carbonyl (C=O) groups excluding carboxylic acids is 2. The third kappa shape index (κ3) is 11.7. The number of amides is 1. The summed E-state index contributed by atoms with van der Waals surface area (Å²) in [5, 5.41) is 29.4. The summed E-state index contributed by atoms with van der Waals surface area (Å²) in [6, 6.07) is 0. The Balaban J connectivity index is 2.16. The van der Waals surface area contributed by atoms with E-state index in [0.717, 1.165) is 0 Å². The number of aliphatic carboxylic acids is 3. The SMILES string of the molecule is [2H]C([2H])(OC(=O)c1c2c(c([CH2])c3c1SC(C([2H])([2H])[2H])(C([2H])([2H])[2H])S3)SC(C([2H])([2H])[2H])(C([2H])([2H])[2H])S2)C(=O)NC(CCOCCC(=O)O)(COCCC(=O)O)COCCC(=O)O. The van der Waals surface area contributed by atoms with Gasteiger partial charge in [-0.15, -0.1) is 47.0 Å². The average molecular weight is 749 g/mol. The number of carbonyl (C=O) groups is 5. The number of hydrogen-bond donors (Lipinski definition) is 4. The number of carboxylic acids is 3. The van der Waals surface area contributed by atoms with Gasteiger partial charge in [0.25, 0.3) is 5.91 Å². The van der Waals surface area contributed by atoms with Crippen molar-refractivity contribution < 1.29 is 77.4 Å². The molecule has 13 nitrogen and oxygen atoms in total. The maximum Gasteiger partial charge on any atom is 0.341 e. The number of rotatable bonds is 20. The zero-order valence-electron chi connectivity index (χ0n) is 38.4. The van der Waals surface area contributed by atoms with Crippen LogP contribution in [-0.4, -0.2) is 105 Å². The van der Waals surface area contributed by atoms with E-state index in [1.807, 2.05) is 0 Å². The van der Waals surface area contributed by atoms with Crippen molar-refractivity contribution in [2.45, 2.75) is 86.4 Å². The first-order chi connectivity index (χ1) is 27.7. The molecule has 0 saturated carbocycles. The van der Waals surface area contributed by atoms with Crippen LogP contribution in [0, 0.1) is 6.92 Å². The molecule has 261 valence electrons. The average Bonchev–Trinajstić information content (AvgIpc) is 3.71. The molecule has 0 saturated heterocycles. The predicted octanol–water partition coefficient (Wildman–Crippen LogP) is 4.61. The summed E-state index contributed by atoms with van der Waals surface area (Å²) in [5.41, 5.74) is -2.99. The van der Waals surface area contributed by atoms with Crippen molar-refractivity contribution in [3.05, 3.63) is 18.1 Å². The maximum atomic E-state index is 14.3. The first-order valence-electron chi connectivity index (χ1n) is 20.4. The Kier molecular flexibility index (Phi) is 8.42. The molecular weight excluding hydrogens is 695 g/mol. The highest BCUT2D eigenvalue weighted by Gasteiger charge is 2.43. The van der Waals surface area contributed by atoms with Gasteiger partial charge in [-0.05, 0) is 46.3 Å². The first kappa shape index (κ1) is 23.3. The quantitative estimate of drug-likeness (QED) is 0.107. The summed E-state index contributed by atoms with van der Waals surface area (Å²) in [4.78, 5) is 59.9. The molecule has 0 spiro atoms. The summed E-state index contributed by atoms with van der Waals surface area (Å²) in [7, 11) is 0. The van der Waals surface area contributed by atoms with E-state index < -0.39 is 138 Å². The molecular formula is C30H40NO12S4.